The van der Waals surface area contributed by atoms with Gasteiger partial charge in [0.2, 0.25) is 0 Å². The molecule has 0 N–H and O–H groups in total. The van der Waals surface area contributed by atoms with E-state index in [4.69, 9.17) is 0 Å². The van der Waals surface area contributed by atoms with Gasteiger partial charge in [0.05, 0.1) is 0 Å². The van der Waals surface area contributed by atoms with Crippen molar-refractivity contribution in [2.24, 2.45) is 0 Å². The normalized spacial score (nSPS) is 12.0. The number of hydrogen-bond acceptors (Lipinski definition) is 1. The highest BCUT2D eigenvalue weighted by Gasteiger charge is 2.17. The third kappa shape index (κ3) is 4.49. The molecule has 0 radical (unpaired) electrons. The van der Waals surface area contributed by atoms with E-state index in [1.54, 1.807) is 0 Å². The van der Waals surface area contributed by atoms with Crippen LogP contribution in [0.2, 0.25) is 0 Å². The molecule has 0 bridgehead atoms. The Morgan fingerprint density at radius 3 is 2.18 bits per heavy atom. The second kappa shape index (κ2) is 7.84. The second-order valence-corrected chi connectivity index (χ2v) is 6.10. The number of benzene rings is 2. The summed E-state index contributed by atoms with van der Waals surface area (Å²) in [5.41, 5.74) is 5.19. The standard InChI is InChI=1S/C21H27N/c1-5-21(15-19-9-7-6-8-10-19)22(17(2)3)16-20-13-11-18(4)12-14-20/h6-14,21H,2,5,15-16H2,1,3-4H3. The van der Waals surface area contributed by atoms with E-state index in [-0.39, 0.29) is 0 Å². The number of aryl methyl sites for hydroxylation is 1. The molecule has 0 amide bonds. The molecule has 1 nitrogen and oxygen atoms in total. The first-order chi connectivity index (χ1) is 10.6. The molecule has 0 heterocycles. The highest BCUT2D eigenvalue weighted by molar-refractivity contribution is 5.22. The Morgan fingerprint density at radius 2 is 1.64 bits per heavy atom. The topological polar surface area (TPSA) is 3.24 Å². The first kappa shape index (κ1) is 16.4. The van der Waals surface area contributed by atoms with Crippen LogP contribution in [0.4, 0.5) is 0 Å². The van der Waals surface area contributed by atoms with Crippen LogP contribution in [-0.2, 0) is 13.0 Å². The van der Waals surface area contributed by atoms with Gasteiger partial charge in [0.1, 0.15) is 0 Å². The monoisotopic (exact) mass is 293 g/mol. The molecule has 0 aromatic heterocycles. The van der Waals surface area contributed by atoms with Crippen molar-refractivity contribution in [3.05, 3.63) is 83.6 Å². The van der Waals surface area contributed by atoms with Crippen LogP contribution in [0, 0.1) is 6.92 Å². The summed E-state index contributed by atoms with van der Waals surface area (Å²) in [6.45, 7) is 11.6. The lowest BCUT2D eigenvalue weighted by Gasteiger charge is -2.34. The van der Waals surface area contributed by atoms with E-state index in [0.29, 0.717) is 6.04 Å². The SMILES string of the molecule is C=C(C)N(Cc1ccc(C)cc1)C(CC)Cc1ccccc1. The quantitative estimate of drug-likeness (QED) is 0.665. The Balaban J connectivity index is 2.14. The van der Waals surface area contributed by atoms with E-state index >= 15 is 0 Å². The van der Waals surface area contributed by atoms with Gasteiger partial charge in [0, 0.05) is 18.3 Å². The molecule has 22 heavy (non-hydrogen) atoms. The van der Waals surface area contributed by atoms with Crippen molar-refractivity contribution in [2.75, 3.05) is 0 Å². The van der Waals surface area contributed by atoms with Crippen molar-refractivity contribution in [3.63, 3.8) is 0 Å². The molecule has 2 aromatic rings. The van der Waals surface area contributed by atoms with Gasteiger partial charge in [-0.25, -0.2) is 0 Å². The molecule has 2 rings (SSSR count). The number of rotatable bonds is 7. The number of hydrogen-bond donors (Lipinski definition) is 0. The summed E-state index contributed by atoms with van der Waals surface area (Å²) in [6, 6.07) is 20.0. The third-order valence-corrected chi connectivity index (χ3v) is 4.19. The zero-order valence-corrected chi connectivity index (χ0v) is 14.0. The summed E-state index contributed by atoms with van der Waals surface area (Å²) in [6.07, 6.45) is 2.18. The summed E-state index contributed by atoms with van der Waals surface area (Å²) >= 11 is 0. The van der Waals surface area contributed by atoms with Gasteiger partial charge in [0.15, 0.2) is 0 Å². The minimum absolute atomic E-state index is 0.487. The maximum atomic E-state index is 4.21. The van der Waals surface area contributed by atoms with Crippen molar-refractivity contribution in [1.82, 2.24) is 4.90 Å². The minimum Gasteiger partial charge on any atom is -0.368 e. The highest BCUT2D eigenvalue weighted by Crippen LogP contribution is 2.20. The molecule has 2 aromatic carbocycles. The van der Waals surface area contributed by atoms with Crippen LogP contribution in [0.5, 0.6) is 0 Å². The van der Waals surface area contributed by atoms with Crippen molar-refractivity contribution in [1.29, 1.82) is 0 Å². The fourth-order valence-corrected chi connectivity index (χ4v) is 2.83. The van der Waals surface area contributed by atoms with Crippen molar-refractivity contribution >= 4 is 0 Å². The van der Waals surface area contributed by atoms with Crippen LogP contribution < -0.4 is 0 Å². The predicted molar refractivity (Wildman–Crippen MR) is 95.8 cm³/mol. The Labute approximate surface area is 135 Å². The summed E-state index contributed by atoms with van der Waals surface area (Å²) < 4.78 is 0. The third-order valence-electron chi connectivity index (χ3n) is 4.19. The average molecular weight is 293 g/mol. The minimum atomic E-state index is 0.487. The average Bonchev–Trinajstić information content (AvgIpc) is 2.53. The van der Waals surface area contributed by atoms with Crippen LogP contribution in [0.3, 0.4) is 0 Å². The molecule has 1 atom stereocenters. The van der Waals surface area contributed by atoms with E-state index in [1.807, 2.05) is 0 Å². The van der Waals surface area contributed by atoms with Gasteiger partial charge < -0.3 is 4.90 Å². The molecule has 1 heteroatoms. The lowest BCUT2D eigenvalue weighted by molar-refractivity contribution is 0.237. The Bertz CT molecular complexity index is 583. The fourth-order valence-electron chi connectivity index (χ4n) is 2.83. The Hall–Kier alpha value is -2.02. The van der Waals surface area contributed by atoms with E-state index in [9.17, 15) is 0 Å². The molecular weight excluding hydrogens is 266 g/mol. The first-order valence-corrected chi connectivity index (χ1v) is 8.11. The molecule has 0 saturated heterocycles. The Kier molecular flexibility index (Phi) is 5.83. The molecule has 0 fully saturated rings. The van der Waals surface area contributed by atoms with Gasteiger partial charge in [0.25, 0.3) is 0 Å². The maximum absolute atomic E-state index is 4.21. The summed E-state index contributed by atoms with van der Waals surface area (Å²) in [7, 11) is 0. The lowest BCUT2D eigenvalue weighted by Crippen LogP contribution is -2.34. The number of nitrogens with zero attached hydrogens (tertiary/aromatic N) is 1. The lowest BCUT2D eigenvalue weighted by atomic mass is 10.0. The van der Waals surface area contributed by atoms with E-state index in [2.05, 4.69) is 86.8 Å². The van der Waals surface area contributed by atoms with Crippen LogP contribution in [-0.4, -0.2) is 10.9 Å². The van der Waals surface area contributed by atoms with Crippen molar-refractivity contribution < 1.29 is 0 Å². The molecular formula is C21H27N. The zero-order chi connectivity index (χ0) is 15.9. The zero-order valence-electron chi connectivity index (χ0n) is 14.0. The van der Waals surface area contributed by atoms with Crippen molar-refractivity contribution in [2.45, 2.75) is 46.2 Å². The predicted octanol–water partition coefficient (Wildman–Crippen LogP) is 5.35. The molecule has 116 valence electrons. The van der Waals surface area contributed by atoms with Gasteiger partial charge in [-0.2, -0.15) is 0 Å². The second-order valence-electron chi connectivity index (χ2n) is 6.10. The van der Waals surface area contributed by atoms with Crippen LogP contribution in [0.15, 0.2) is 66.9 Å². The largest absolute Gasteiger partial charge is 0.368 e. The smallest absolute Gasteiger partial charge is 0.0429 e. The molecule has 1 unspecified atom stereocenters. The maximum Gasteiger partial charge on any atom is 0.0429 e. The van der Waals surface area contributed by atoms with Gasteiger partial charge in [-0.3, -0.25) is 0 Å². The van der Waals surface area contributed by atoms with Crippen LogP contribution >= 0.6 is 0 Å². The molecule has 0 spiro atoms. The van der Waals surface area contributed by atoms with Crippen LogP contribution in [0.1, 0.15) is 37.0 Å². The molecule has 0 aliphatic rings. The number of allylic oxidation sites excluding steroid dienone is 1. The van der Waals surface area contributed by atoms with Crippen molar-refractivity contribution in [3.8, 4) is 0 Å². The Morgan fingerprint density at radius 1 is 1.00 bits per heavy atom. The molecule has 0 aliphatic heterocycles. The fraction of sp³-hybridized carbons (Fsp3) is 0.333. The van der Waals surface area contributed by atoms with Gasteiger partial charge in [-0.05, 0) is 37.8 Å². The van der Waals surface area contributed by atoms with E-state index < -0.39 is 0 Å². The first-order valence-electron chi connectivity index (χ1n) is 8.11. The highest BCUT2D eigenvalue weighted by atomic mass is 15.2. The van der Waals surface area contributed by atoms with Gasteiger partial charge >= 0.3 is 0 Å². The summed E-state index contributed by atoms with van der Waals surface area (Å²) in [5.74, 6) is 0. The van der Waals surface area contributed by atoms with Gasteiger partial charge in [-0.1, -0.05) is 73.7 Å². The summed E-state index contributed by atoms with van der Waals surface area (Å²) in [5, 5.41) is 0. The van der Waals surface area contributed by atoms with E-state index in [1.165, 1.54) is 16.7 Å². The molecule has 0 aliphatic carbocycles. The van der Waals surface area contributed by atoms with E-state index in [0.717, 1.165) is 25.1 Å². The summed E-state index contributed by atoms with van der Waals surface area (Å²) in [4.78, 5) is 2.44. The van der Waals surface area contributed by atoms with Crippen LogP contribution in [0.25, 0.3) is 0 Å². The van der Waals surface area contributed by atoms with Gasteiger partial charge in [-0.15, -0.1) is 0 Å². The molecule has 0 saturated carbocycles.